The van der Waals surface area contributed by atoms with E-state index in [1.807, 2.05) is 0 Å². The van der Waals surface area contributed by atoms with Crippen molar-refractivity contribution >= 4 is 60.4 Å². The number of hydrogen-bond donors (Lipinski definition) is 0. The summed E-state index contributed by atoms with van der Waals surface area (Å²) in [5.41, 5.74) is 16.4. The van der Waals surface area contributed by atoms with Crippen molar-refractivity contribution in [2.75, 3.05) is 4.90 Å². The SMILES string of the molecule is c1ccc(C2(c3ccccc3)c3ccccc3-c3ccc(N(c4ccc(-c5ccc6c(c5)c5ccccc5n6-c5ccc6ccccc6c5)cc4)c4cccc5ccccc45)cc32)cc1. The maximum Gasteiger partial charge on any atom is 0.0714 e. The Morgan fingerprint density at radius 1 is 0.323 bits per heavy atom. The van der Waals surface area contributed by atoms with Gasteiger partial charge in [0.2, 0.25) is 0 Å². The van der Waals surface area contributed by atoms with Crippen LogP contribution in [0.15, 0.2) is 255 Å². The second kappa shape index (κ2) is 14.8. The zero-order valence-corrected chi connectivity index (χ0v) is 35.6. The maximum absolute atomic E-state index is 2.46. The first-order valence-corrected chi connectivity index (χ1v) is 22.5. The van der Waals surface area contributed by atoms with Crippen LogP contribution < -0.4 is 4.90 Å². The van der Waals surface area contributed by atoms with Gasteiger partial charge in [0.25, 0.3) is 0 Å². The van der Waals surface area contributed by atoms with E-state index < -0.39 is 5.41 Å². The Balaban J connectivity index is 0.972. The normalized spacial score (nSPS) is 12.7. The van der Waals surface area contributed by atoms with Gasteiger partial charge in [0.05, 0.1) is 22.1 Å². The van der Waals surface area contributed by atoms with Crippen LogP contribution in [-0.4, -0.2) is 4.57 Å². The molecule has 12 aromatic rings. The molecule has 0 bridgehead atoms. The Kier molecular flexibility index (Phi) is 8.47. The first-order valence-electron chi connectivity index (χ1n) is 22.5. The summed E-state index contributed by atoms with van der Waals surface area (Å²) in [7, 11) is 0. The van der Waals surface area contributed by atoms with E-state index in [2.05, 4.69) is 264 Å². The highest BCUT2D eigenvalue weighted by Gasteiger charge is 2.46. The predicted molar refractivity (Wildman–Crippen MR) is 273 cm³/mol. The third-order valence-corrected chi connectivity index (χ3v) is 13.8. The van der Waals surface area contributed by atoms with Gasteiger partial charge in [-0.1, -0.05) is 194 Å². The zero-order valence-electron chi connectivity index (χ0n) is 35.6. The third-order valence-electron chi connectivity index (χ3n) is 13.8. The molecule has 1 heterocycles. The molecular formula is C63H42N2. The summed E-state index contributed by atoms with van der Waals surface area (Å²) in [4.78, 5) is 2.45. The molecule has 0 saturated heterocycles. The monoisotopic (exact) mass is 826 g/mol. The molecule has 0 aliphatic heterocycles. The number of rotatable bonds is 7. The predicted octanol–water partition coefficient (Wildman–Crippen LogP) is 16.6. The molecule has 0 spiro atoms. The van der Waals surface area contributed by atoms with Crippen LogP contribution in [0.25, 0.3) is 71.3 Å². The van der Waals surface area contributed by atoms with Crippen LogP contribution in [-0.2, 0) is 5.41 Å². The molecule has 1 aliphatic rings. The van der Waals surface area contributed by atoms with Crippen LogP contribution in [0.3, 0.4) is 0 Å². The minimum atomic E-state index is -0.505. The number of hydrogen-bond acceptors (Lipinski definition) is 1. The summed E-state index contributed by atoms with van der Waals surface area (Å²) in [5.74, 6) is 0. The molecule has 0 fully saturated rings. The van der Waals surface area contributed by atoms with Crippen molar-refractivity contribution in [1.29, 1.82) is 0 Å². The Labute approximate surface area is 378 Å². The fraction of sp³-hybridized carbons (Fsp3) is 0.0159. The van der Waals surface area contributed by atoms with Crippen molar-refractivity contribution < 1.29 is 0 Å². The summed E-state index contributed by atoms with van der Waals surface area (Å²) in [6.07, 6.45) is 0. The van der Waals surface area contributed by atoms with Gasteiger partial charge in [0.1, 0.15) is 0 Å². The molecule has 0 amide bonds. The topological polar surface area (TPSA) is 8.17 Å². The highest BCUT2D eigenvalue weighted by molar-refractivity contribution is 6.11. The molecule has 2 nitrogen and oxygen atoms in total. The number of benzene rings is 11. The summed E-state index contributed by atoms with van der Waals surface area (Å²) in [6.45, 7) is 0. The van der Waals surface area contributed by atoms with Gasteiger partial charge in [-0.3, -0.25) is 0 Å². The molecule has 65 heavy (non-hydrogen) atoms. The maximum atomic E-state index is 2.46. The second-order valence-corrected chi connectivity index (χ2v) is 17.3. The van der Waals surface area contributed by atoms with Crippen molar-refractivity contribution in [1.82, 2.24) is 4.57 Å². The fourth-order valence-electron chi connectivity index (χ4n) is 11.0. The summed E-state index contributed by atoms with van der Waals surface area (Å²) < 4.78 is 2.41. The lowest BCUT2D eigenvalue weighted by Gasteiger charge is -2.35. The molecule has 1 aliphatic carbocycles. The molecule has 13 rings (SSSR count). The minimum absolute atomic E-state index is 0.505. The van der Waals surface area contributed by atoms with E-state index in [1.54, 1.807) is 0 Å². The fourth-order valence-corrected chi connectivity index (χ4v) is 11.0. The van der Waals surface area contributed by atoms with Crippen molar-refractivity contribution in [3.63, 3.8) is 0 Å². The third kappa shape index (κ3) is 5.74. The highest BCUT2D eigenvalue weighted by Crippen LogP contribution is 2.57. The number of nitrogens with zero attached hydrogens (tertiary/aromatic N) is 2. The lowest BCUT2D eigenvalue weighted by Crippen LogP contribution is -2.28. The Morgan fingerprint density at radius 2 is 0.923 bits per heavy atom. The lowest BCUT2D eigenvalue weighted by atomic mass is 9.67. The summed E-state index contributed by atoms with van der Waals surface area (Å²) in [5, 5.41) is 7.38. The van der Waals surface area contributed by atoms with Gasteiger partial charge in [0, 0.05) is 33.2 Å². The average Bonchev–Trinajstić information content (AvgIpc) is 3.87. The average molecular weight is 827 g/mol. The molecule has 1 aromatic heterocycles. The van der Waals surface area contributed by atoms with Gasteiger partial charge in [-0.2, -0.15) is 0 Å². The van der Waals surface area contributed by atoms with Crippen LogP contribution in [0.4, 0.5) is 17.1 Å². The lowest BCUT2D eigenvalue weighted by molar-refractivity contribution is 0.768. The van der Waals surface area contributed by atoms with Crippen LogP contribution >= 0.6 is 0 Å². The quantitative estimate of drug-likeness (QED) is 0.155. The van der Waals surface area contributed by atoms with Crippen LogP contribution in [0.5, 0.6) is 0 Å². The minimum Gasteiger partial charge on any atom is -0.310 e. The van der Waals surface area contributed by atoms with E-state index in [0.29, 0.717) is 0 Å². The van der Waals surface area contributed by atoms with Gasteiger partial charge < -0.3 is 9.47 Å². The van der Waals surface area contributed by atoms with Crippen LogP contribution in [0.2, 0.25) is 0 Å². The van der Waals surface area contributed by atoms with E-state index in [-0.39, 0.29) is 0 Å². The van der Waals surface area contributed by atoms with E-state index in [0.717, 1.165) is 17.1 Å². The number of anilines is 3. The van der Waals surface area contributed by atoms with Crippen molar-refractivity contribution in [3.05, 3.63) is 277 Å². The smallest absolute Gasteiger partial charge is 0.0714 e. The van der Waals surface area contributed by atoms with Crippen molar-refractivity contribution in [2.24, 2.45) is 0 Å². The summed E-state index contributed by atoms with van der Waals surface area (Å²) in [6, 6.07) is 93.9. The van der Waals surface area contributed by atoms with Crippen LogP contribution in [0, 0.1) is 0 Å². The van der Waals surface area contributed by atoms with Gasteiger partial charge >= 0.3 is 0 Å². The Bertz CT molecular complexity index is 3720. The molecule has 0 unspecified atom stereocenters. The molecule has 0 N–H and O–H groups in total. The molecule has 0 atom stereocenters. The van der Waals surface area contributed by atoms with Gasteiger partial charge in [-0.15, -0.1) is 0 Å². The van der Waals surface area contributed by atoms with Crippen LogP contribution in [0.1, 0.15) is 22.3 Å². The zero-order chi connectivity index (χ0) is 42.9. The highest BCUT2D eigenvalue weighted by atomic mass is 15.1. The second-order valence-electron chi connectivity index (χ2n) is 17.3. The van der Waals surface area contributed by atoms with Crippen molar-refractivity contribution in [3.8, 4) is 27.9 Å². The first kappa shape index (κ1) is 37.1. The molecular weight excluding hydrogens is 785 g/mol. The first-order chi connectivity index (χ1) is 32.2. The molecule has 11 aromatic carbocycles. The van der Waals surface area contributed by atoms with E-state index in [9.17, 15) is 0 Å². The number of fused-ring (bicyclic) bond motifs is 8. The Hall–Kier alpha value is -8.46. The molecule has 2 heteroatoms. The summed E-state index contributed by atoms with van der Waals surface area (Å²) >= 11 is 0. The standard InChI is InChI=1S/C63H42N2/c1-3-20-48(21-4-1)63(49-22-5-2-6-23-49)58-27-13-11-25-54(58)55-38-37-52(42-59(55)63)64(60-29-15-19-45-17-9-10-24-53(45)60)50-34-30-44(31-35-50)47-33-39-62-57(41-47)56-26-12-14-28-61(56)65(62)51-36-32-43-16-7-8-18-46(43)40-51/h1-42H. The van der Waals surface area contributed by atoms with E-state index in [1.165, 1.54) is 93.5 Å². The Morgan fingerprint density at radius 3 is 1.72 bits per heavy atom. The van der Waals surface area contributed by atoms with Gasteiger partial charge in [0.15, 0.2) is 0 Å². The number of aromatic nitrogens is 1. The van der Waals surface area contributed by atoms with Gasteiger partial charge in [-0.25, -0.2) is 0 Å². The van der Waals surface area contributed by atoms with E-state index in [4.69, 9.17) is 0 Å². The molecule has 0 saturated carbocycles. The van der Waals surface area contributed by atoms with Crippen molar-refractivity contribution in [2.45, 2.75) is 5.41 Å². The van der Waals surface area contributed by atoms with E-state index >= 15 is 0 Å². The molecule has 304 valence electrons. The number of para-hydroxylation sites is 1. The van der Waals surface area contributed by atoms with Gasteiger partial charge in [-0.05, 0) is 121 Å². The molecule has 0 radical (unpaired) electrons. The largest absolute Gasteiger partial charge is 0.310 e.